The highest BCUT2D eigenvalue weighted by molar-refractivity contribution is 6.30. The lowest BCUT2D eigenvalue weighted by molar-refractivity contribution is -0.112. The van der Waals surface area contributed by atoms with Crippen LogP contribution in [0.2, 0.25) is 5.02 Å². The van der Waals surface area contributed by atoms with Gasteiger partial charge >= 0.3 is 0 Å². The summed E-state index contributed by atoms with van der Waals surface area (Å²) in [5.41, 5.74) is 1.04. The first kappa shape index (κ1) is 17.4. The molecular formula is C18H15ClN2O3. The fourth-order valence-corrected chi connectivity index (χ4v) is 2.18. The van der Waals surface area contributed by atoms with Crippen molar-refractivity contribution in [1.82, 2.24) is 0 Å². The van der Waals surface area contributed by atoms with Gasteiger partial charge in [0.05, 0.1) is 14.2 Å². The quantitative estimate of drug-likeness (QED) is 0.660. The summed E-state index contributed by atoms with van der Waals surface area (Å²) in [5, 5.41) is 12.4. The molecule has 0 atom stereocenters. The maximum Gasteiger partial charge on any atom is 0.266 e. The maximum atomic E-state index is 12.3. The molecule has 0 aliphatic rings. The molecule has 6 heteroatoms. The smallest absolute Gasteiger partial charge is 0.266 e. The Balaban J connectivity index is 2.25. The van der Waals surface area contributed by atoms with E-state index in [2.05, 4.69) is 5.32 Å². The van der Waals surface area contributed by atoms with Crippen LogP contribution in [0, 0.1) is 11.3 Å². The normalized spacial score (nSPS) is 10.7. The standard InChI is InChI=1S/C18H15ClN2O3/c1-23-16-6-4-15(5-7-16)21-18(22)13(11-20)9-12-10-14(19)3-8-17(12)24-2/h3-10H,1-2H3,(H,21,22)/b13-9+. The number of rotatable bonds is 5. The van der Waals surface area contributed by atoms with Gasteiger partial charge in [-0.15, -0.1) is 0 Å². The Morgan fingerprint density at radius 2 is 1.88 bits per heavy atom. The highest BCUT2D eigenvalue weighted by Crippen LogP contribution is 2.25. The van der Waals surface area contributed by atoms with Crippen molar-refractivity contribution in [2.24, 2.45) is 0 Å². The van der Waals surface area contributed by atoms with Gasteiger partial charge < -0.3 is 14.8 Å². The van der Waals surface area contributed by atoms with E-state index in [1.54, 1.807) is 49.6 Å². The zero-order valence-corrected chi connectivity index (χ0v) is 13.9. The number of amides is 1. The van der Waals surface area contributed by atoms with Gasteiger partial charge in [-0.2, -0.15) is 5.26 Å². The third-order valence-electron chi connectivity index (χ3n) is 3.20. The third-order valence-corrected chi connectivity index (χ3v) is 3.44. The Labute approximate surface area is 145 Å². The van der Waals surface area contributed by atoms with Crippen LogP contribution in [0.5, 0.6) is 11.5 Å². The summed E-state index contributed by atoms with van der Waals surface area (Å²) < 4.78 is 10.3. The lowest BCUT2D eigenvalue weighted by Crippen LogP contribution is -2.13. The summed E-state index contributed by atoms with van der Waals surface area (Å²) in [6.45, 7) is 0. The van der Waals surface area contributed by atoms with Gasteiger partial charge in [-0.05, 0) is 48.5 Å². The van der Waals surface area contributed by atoms with E-state index >= 15 is 0 Å². The van der Waals surface area contributed by atoms with E-state index in [0.717, 1.165) is 0 Å². The van der Waals surface area contributed by atoms with Crippen molar-refractivity contribution in [2.75, 3.05) is 19.5 Å². The minimum atomic E-state index is -0.523. The second-order valence-electron chi connectivity index (χ2n) is 4.74. The zero-order chi connectivity index (χ0) is 17.5. The minimum Gasteiger partial charge on any atom is -0.497 e. The molecule has 0 heterocycles. The Morgan fingerprint density at radius 1 is 1.17 bits per heavy atom. The number of carbonyl (C=O) groups excluding carboxylic acids is 1. The van der Waals surface area contributed by atoms with Crippen molar-refractivity contribution in [1.29, 1.82) is 5.26 Å². The number of hydrogen-bond acceptors (Lipinski definition) is 4. The summed E-state index contributed by atoms with van der Waals surface area (Å²) in [7, 11) is 3.06. The molecule has 0 fully saturated rings. The summed E-state index contributed by atoms with van der Waals surface area (Å²) in [6, 6.07) is 13.7. The van der Waals surface area contributed by atoms with Crippen molar-refractivity contribution < 1.29 is 14.3 Å². The molecule has 0 unspecified atom stereocenters. The molecule has 5 nitrogen and oxygen atoms in total. The van der Waals surface area contributed by atoms with Crippen LogP contribution in [0.15, 0.2) is 48.0 Å². The molecule has 0 bridgehead atoms. The number of benzene rings is 2. The lowest BCUT2D eigenvalue weighted by Gasteiger charge is -2.07. The van der Waals surface area contributed by atoms with E-state index in [0.29, 0.717) is 27.8 Å². The van der Waals surface area contributed by atoms with E-state index in [-0.39, 0.29) is 5.57 Å². The van der Waals surface area contributed by atoms with E-state index < -0.39 is 5.91 Å². The lowest BCUT2D eigenvalue weighted by atomic mass is 10.1. The average molecular weight is 343 g/mol. The van der Waals surface area contributed by atoms with Crippen LogP contribution in [-0.2, 0) is 4.79 Å². The molecule has 122 valence electrons. The second-order valence-corrected chi connectivity index (χ2v) is 5.18. The van der Waals surface area contributed by atoms with Crippen molar-refractivity contribution >= 4 is 29.3 Å². The van der Waals surface area contributed by atoms with Gasteiger partial charge in [0, 0.05) is 16.3 Å². The van der Waals surface area contributed by atoms with Crippen LogP contribution in [0.3, 0.4) is 0 Å². The molecule has 0 aliphatic carbocycles. The molecule has 0 aromatic heterocycles. The molecule has 1 amide bonds. The molecule has 2 rings (SSSR count). The maximum absolute atomic E-state index is 12.3. The molecule has 0 radical (unpaired) electrons. The van der Waals surface area contributed by atoms with Gasteiger partial charge in [0.25, 0.3) is 5.91 Å². The molecule has 0 saturated heterocycles. The number of nitrogens with one attached hydrogen (secondary N) is 1. The van der Waals surface area contributed by atoms with Gasteiger partial charge in [-0.25, -0.2) is 0 Å². The third kappa shape index (κ3) is 4.28. The first-order valence-corrected chi connectivity index (χ1v) is 7.36. The molecule has 1 N–H and O–H groups in total. The van der Waals surface area contributed by atoms with Gasteiger partial charge in [-0.1, -0.05) is 11.6 Å². The van der Waals surface area contributed by atoms with Gasteiger partial charge in [-0.3, -0.25) is 4.79 Å². The fourth-order valence-electron chi connectivity index (χ4n) is 1.99. The van der Waals surface area contributed by atoms with Crippen molar-refractivity contribution in [3.05, 3.63) is 58.6 Å². The summed E-state index contributed by atoms with van der Waals surface area (Å²) in [4.78, 5) is 12.3. The Hall–Kier alpha value is -2.97. The monoisotopic (exact) mass is 342 g/mol. The van der Waals surface area contributed by atoms with Crippen LogP contribution in [-0.4, -0.2) is 20.1 Å². The van der Waals surface area contributed by atoms with Crippen molar-refractivity contribution in [3.8, 4) is 17.6 Å². The number of halogens is 1. The molecule has 0 saturated carbocycles. The molecule has 2 aromatic carbocycles. The first-order valence-electron chi connectivity index (χ1n) is 6.98. The van der Waals surface area contributed by atoms with Crippen LogP contribution >= 0.6 is 11.6 Å². The number of anilines is 1. The Morgan fingerprint density at radius 3 is 2.46 bits per heavy atom. The SMILES string of the molecule is COc1ccc(NC(=O)/C(C#N)=C/c2cc(Cl)ccc2OC)cc1. The number of nitriles is 1. The van der Waals surface area contributed by atoms with Crippen LogP contribution in [0.4, 0.5) is 5.69 Å². The topological polar surface area (TPSA) is 71.3 Å². The van der Waals surface area contributed by atoms with Crippen LogP contribution in [0.1, 0.15) is 5.56 Å². The Kier molecular flexibility index (Phi) is 5.83. The fraction of sp³-hybridized carbons (Fsp3) is 0.111. The number of hydrogen-bond donors (Lipinski definition) is 1. The highest BCUT2D eigenvalue weighted by Gasteiger charge is 2.11. The van der Waals surface area contributed by atoms with Crippen LogP contribution in [0.25, 0.3) is 6.08 Å². The van der Waals surface area contributed by atoms with Gasteiger partial charge in [0.15, 0.2) is 0 Å². The minimum absolute atomic E-state index is 0.0635. The van der Waals surface area contributed by atoms with E-state index in [1.165, 1.54) is 13.2 Å². The largest absolute Gasteiger partial charge is 0.497 e. The molecule has 0 spiro atoms. The average Bonchev–Trinajstić information content (AvgIpc) is 2.60. The van der Waals surface area contributed by atoms with Crippen molar-refractivity contribution in [2.45, 2.75) is 0 Å². The highest BCUT2D eigenvalue weighted by atomic mass is 35.5. The molecule has 0 aliphatic heterocycles. The number of ether oxygens (including phenoxy) is 2. The molecule has 24 heavy (non-hydrogen) atoms. The number of methoxy groups -OCH3 is 2. The second kappa shape index (κ2) is 8.04. The van der Waals surface area contributed by atoms with E-state index in [1.807, 2.05) is 6.07 Å². The van der Waals surface area contributed by atoms with Gasteiger partial charge in [0.2, 0.25) is 0 Å². The summed E-state index contributed by atoms with van der Waals surface area (Å²) in [6.07, 6.45) is 1.43. The Bertz CT molecular complexity index is 808. The predicted molar refractivity (Wildman–Crippen MR) is 93.2 cm³/mol. The van der Waals surface area contributed by atoms with Crippen molar-refractivity contribution in [3.63, 3.8) is 0 Å². The summed E-state index contributed by atoms with van der Waals surface area (Å²) in [5.74, 6) is 0.668. The van der Waals surface area contributed by atoms with E-state index in [4.69, 9.17) is 21.1 Å². The van der Waals surface area contributed by atoms with Crippen LogP contribution < -0.4 is 14.8 Å². The number of nitrogens with zero attached hydrogens (tertiary/aromatic N) is 1. The predicted octanol–water partition coefficient (Wildman–Crippen LogP) is 3.90. The van der Waals surface area contributed by atoms with Gasteiger partial charge in [0.1, 0.15) is 23.1 Å². The number of carbonyl (C=O) groups is 1. The summed E-state index contributed by atoms with van der Waals surface area (Å²) >= 11 is 5.96. The first-order chi connectivity index (χ1) is 11.6. The molecular weight excluding hydrogens is 328 g/mol. The van der Waals surface area contributed by atoms with E-state index in [9.17, 15) is 10.1 Å². The zero-order valence-electron chi connectivity index (χ0n) is 13.2. The molecule has 2 aromatic rings.